The summed E-state index contributed by atoms with van der Waals surface area (Å²) in [4.78, 5) is 10.6. The first kappa shape index (κ1) is 14.8. The third-order valence-electron chi connectivity index (χ3n) is 2.63. The van der Waals surface area contributed by atoms with Gasteiger partial charge in [-0.2, -0.15) is 0 Å². The van der Waals surface area contributed by atoms with Crippen LogP contribution in [0.15, 0.2) is 47.4 Å². The number of carboxylic acid groups (broad SMARTS) is 1. The van der Waals surface area contributed by atoms with Crippen molar-refractivity contribution in [3.05, 3.63) is 53.8 Å². The van der Waals surface area contributed by atoms with Crippen molar-refractivity contribution in [3.63, 3.8) is 0 Å². The van der Waals surface area contributed by atoms with Gasteiger partial charge < -0.3 is 10.2 Å². The summed E-state index contributed by atoms with van der Waals surface area (Å²) in [6.07, 6.45) is 0. The van der Waals surface area contributed by atoms with Crippen molar-refractivity contribution >= 4 is 21.7 Å². The third kappa shape index (κ3) is 3.11. The van der Waals surface area contributed by atoms with Crippen molar-refractivity contribution in [1.82, 2.24) is 0 Å². The molecule has 0 atom stereocenters. The number of sulfonamides is 1. The Bertz CT molecular complexity index is 787. The maximum atomic E-state index is 12.8. The minimum Gasteiger partial charge on any atom is -0.505 e. The van der Waals surface area contributed by atoms with Crippen molar-refractivity contribution in [3.8, 4) is 5.75 Å². The fourth-order valence-corrected chi connectivity index (χ4v) is 2.68. The van der Waals surface area contributed by atoms with Crippen molar-refractivity contribution in [2.45, 2.75) is 4.90 Å². The van der Waals surface area contributed by atoms with E-state index < -0.39 is 33.1 Å². The van der Waals surface area contributed by atoms with Crippen molar-refractivity contribution < 1.29 is 27.8 Å². The lowest BCUT2D eigenvalue weighted by Gasteiger charge is -2.10. The Hall–Kier alpha value is -2.61. The number of hydrogen-bond donors (Lipinski definition) is 3. The fraction of sp³-hybridized carbons (Fsp3) is 0. The second-order valence-electron chi connectivity index (χ2n) is 4.07. The van der Waals surface area contributed by atoms with Crippen molar-refractivity contribution in [1.29, 1.82) is 0 Å². The van der Waals surface area contributed by atoms with Gasteiger partial charge in [0.15, 0.2) is 5.75 Å². The van der Waals surface area contributed by atoms with E-state index in [0.717, 1.165) is 30.3 Å². The van der Waals surface area contributed by atoms with Crippen LogP contribution in [0.2, 0.25) is 0 Å². The van der Waals surface area contributed by atoms with Gasteiger partial charge in [-0.3, -0.25) is 4.72 Å². The maximum absolute atomic E-state index is 12.8. The van der Waals surface area contributed by atoms with Crippen molar-refractivity contribution in [2.24, 2.45) is 0 Å². The number of phenols is 1. The molecule has 0 fully saturated rings. The molecule has 0 aliphatic rings. The predicted molar refractivity (Wildman–Crippen MR) is 72.3 cm³/mol. The predicted octanol–water partition coefficient (Wildman–Crippen LogP) is 2.03. The highest BCUT2D eigenvalue weighted by Crippen LogP contribution is 2.29. The molecule has 0 heterocycles. The van der Waals surface area contributed by atoms with Crippen LogP contribution in [0, 0.1) is 5.82 Å². The number of benzene rings is 2. The average Bonchev–Trinajstić information content (AvgIpc) is 2.41. The Kier molecular flexibility index (Phi) is 3.81. The number of carbonyl (C=O) groups is 1. The summed E-state index contributed by atoms with van der Waals surface area (Å²) >= 11 is 0. The van der Waals surface area contributed by atoms with E-state index in [0.29, 0.717) is 0 Å². The van der Waals surface area contributed by atoms with E-state index in [4.69, 9.17) is 5.11 Å². The highest BCUT2D eigenvalue weighted by Gasteiger charge is 2.19. The maximum Gasteiger partial charge on any atom is 0.339 e. The highest BCUT2D eigenvalue weighted by molar-refractivity contribution is 7.92. The topological polar surface area (TPSA) is 104 Å². The number of aromatic hydroxyl groups is 1. The minimum absolute atomic E-state index is 0.218. The first-order valence-electron chi connectivity index (χ1n) is 5.65. The Labute approximate surface area is 119 Å². The lowest BCUT2D eigenvalue weighted by molar-refractivity contribution is 0.0694. The van der Waals surface area contributed by atoms with Gasteiger partial charge in [0, 0.05) is 0 Å². The molecule has 2 aromatic rings. The standard InChI is InChI=1S/C13H10FNO5S/c14-8-4-6-9(7-5-8)21(19,20)15-11-3-1-2-10(12(11)16)13(17)18/h1-7,15-16H,(H,17,18). The monoisotopic (exact) mass is 311 g/mol. The van der Waals surface area contributed by atoms with Gasteiger partial charge >= 0.3 is 5.97 Å². The van der Waals surface area contributed by atoms with E-state index >= 15 is 0 Å². The number of para-hydroxylation sites is 1. The van der Waals surface area contributed by atoms with Gasteiger partial charge in [0.1, 0.15) is 11.4 Å². The van der Waals surface area contributed by atoms with E-state index in [-0.39, 0.29) is 10.6 Å². The summed E-state index contributed by atoms with van der Waals surface area (Å²) in [5.41, 5.74) is -0.714. The molecule has 0 aliphatic carbocycles. The summed E-state index contributed by atoms with van der Waals surface area (Å²) in [6.45, 7) is 0. The van der Waals surface area contributed by atoms with Gasteiger partial charge in [0.25, 0.3) is 10.0 Å². The normalized spacial score (nSPS) is 11.1. The number of aromatic carboxylic acids is 1. The average molecular weight is 311 g/mol. The summed E-state index contributed by atoms with van der Waals surface area (Å²) in [7, 11) is -4.06. The van der Waals surface area contributed by atoms with Gasteiger partial charge in [0.2, 0.25) is 0 Å². The van der Waals surface area contributed by atoms with E-state index in [1.807, 2.05) is 0 Å². The largest absolute Gasteiger partial charge is 0.505 e. The van der Waals surface area contributed by atoms with Crippen LogP contribution in [0.3, 0.4) is 0 Å². The quantitative estimate of drug-likeness (QED) is 0.750. The van der Waals surface area contributed by atoms with Crippen LogP contribution in [0.25, 0.3) is 0 Å². The number of carboxylic acids is 1. The second kappa shape index (κ2) is 5.41. The molecule has 2 aromatic carbocycles. The van der Waals surface area contributed by atoms with Crippen LogP contribution < -0.4 is 4.72 Å². The Morgan fingerprint density at radius 3 is 2.29 bits per heavy atom. The summed E-state index contributed by atoms with van der Waals surface area (Å²) in [5, 5.41) is 18.6. The highest BCUT2D eigenvalue weighted by atomic mass is 32.2. The van der Waals surface area contributed by atoms with Crippen LogP contribution in [0.4, 0.5) is 10.1 Å². The lowest BCUT2D eigenvalue weighted by Crippen LogP contribution is -2.13. The number of rotatable bonds is 4. The molecule has 0 saturated carbocycles. The summed E-state index contributed by atoms with van der Waals surface area (Å²) in [6, 6.07) is 7.68. The van der Waals surface area contributed by atoms with Gasteiger partial charge in [-0.25, -0.2) is 17.6 Å². The number of nitrogens with one attached hydrogen (secondary N) is 1. The van der Waals surface area contributed by atoms with Gasteiger partial charge in [-0.15, -0.1) is 0 Å². The van der Waals surface area contributed by atoms with E-state index in [2.05, 4.69) is 4.72 Å². The van der Waals surface area contributed by atoms with Crippen LogP contribution in [0.1, 0.15) is 10.4 Å². The lowest BCUT2D eigenvalue weighted by atomic mass is 10.2. The molecule has 0 bridgehead atoms. The molecule has 0 aromatic heterocycles. The van der Waals surface area contributed by atoms with Gasteiger partial charge in [0.05, 0.1) is 10.6 Å². The first-order valence-corrected chi connectivity index (χ1v) is 7.13. The molecule has 0 saturated heterocycles. The SMILES string of the molecule is O=C(O)c1cccc(NS(=O)(=O)c2ccc(F)cc2)c1O. The molecule has 0 amide bonds. The third-order valence-corrected chi connectivity index (χ3v) is 4.02. The second-order valence-corrected chi connectivity index (χ2v) is 5.75. The van der Waals surface area contributed by atoms with E-state index in [1.54, 1.807) is 0 Å². The fourth-order valence-electron chi connectivity index (χ4n) is 1.62. The Morgan fingerprint density at radius 1 is 1.10 bits per heavy atom. The number of hydrogen-bond acceptors (Lipinski definition) is 4. The molecule has 0 unspecified atom stereocenters. The minimum atomic E-state index is -4.06. The molecule has 3 N–H and O–H groups in total. The molecule has 8 heteroatoms. The van der Waals surface area contributed by atoms with E-state index in [1.165, 1.54) is 12.1 Å². The molecular formula is C13H10FNO5S. The zero-order chi connectivity index (χ0) is 15.6. The summed E-state index contributed by atoms with van der Waals surface area (Å²) < 4.78 is 38.9. The zero-order valence-corrected chi connectivity index (χ0v) is 11.3. The molecule has 6 nitrogen and oxygen atoms in total. The molecule has 0 spiro atoms. The molecule has 110 valence electrons. The van der Waals surface area contributed by atoms with E-state index in [9.17, 15) is 22.7 Å². The van der Waals surface area contributed by atoms with Gasteiger partial charge in [-0.1, -0.05) is 6.07 Å². The smallest absolute Gasteiger partial charge is 0.339 e. The van der Waals surface area contributed by atoms with Crippen LogP contribution >= 0.6 is 0 Å². The molecule has 21 heavy (non-hydrogen) atoms. The molecule has 0 aliphatic heterocycles. The molecule has 0 radical (unpaired) electrons. The summed E-state index contributed by atoms with van der Waals surface area (Å²) in [5.74, 6) is -2.68. The Balaban J connectivity index is 2.39. The number of halogens is 1. The first-order chi connectivity index (χ1) is 9.81. The number of anilines is 1. The van der Waals surface area contributed by atoms with Crippen molar-refractivity contribution in [2.75, 3.05) is 4.72 Å². The van der Waals surface area contributed by atoms with Crippen LogP contribution in [-0.2, 0) is 10.0 Å². The Morgan fingerprint density at radius 2 is 1.71 bits per heavy atom. The molecule has 2 rings (SSSR count). The van der Waals surface area contributed by atoms with Gasteiger partial charge in [-0.05, 0) is 36.4 Å². The zero-order valence-electron chi connectivity index (χ0n) is 10.4. The molecular weight excluding hydrogens is 301 g/mol. The van der Waals surface area contributed by atoms with Crippen LogP contribution in [-0.4, -0.2) is 24.6 Å². The van der Waals surface area contributed by atoms with Crippen LogP contribution in [0.5, 0.6) is 5.75 Å².